The van der Waals surface area contributed by atoms with Crippen molar-refractivity contribution in [1.82, 2.24) is 0 Å². The predicted molar refractivity (Wildman–Crippen MR) is 123 cm³/mol. The van der Waals surface area contributed by atoms with Gasteiger partial charge in [0.15, 0.2) is 0 Å². The van der Waals surface area contributed by atoms with Crippen molar-refractivity contribution in [3.63, 3.8) is 0 Å². The molecule has 12 atom stereocenters. The highest BCUT2D eigenvalue weighted by Gasteiger charge is 2.64. The van der Waals surface area contributed by atoms with E-state index in [0.29, 0.717) is 65.3 Å². The quantitative estimate of drug-likeness (QED) is 0.567. The smallest absolute Gasteiger partial charge is 0.136 e. The molecule has 3 heteroatoms. The third-order valence-corrected chi connectivity index (χ3v) is 11.8. The highest BCUT2D eigenvalue weighted by molar-refractivity contribution is 5.83. The van der Waals surface area contributed by atoms with E-state index in [9.17, 15) is 9.90 Å². The lowest BCUT2D eigenvalue weighted by molar-refractivity contribution is -0.160. The van der Waals surface area contributed by atoms with Crippen molar-refractivity contribution in [3.8, 4) is 0 Å². The molecule has 1 N–H and O–H groups in total. The van der Waals surface area contributed by atoms with Crippen LogP contribution in [0.5, 0.6) is 0 Å². The Balaban J connectivity index is 1.34. The van der Waals surface area contributed by atoms with Crippen molar-refractivity contribution in [3.05, 3.63) is 0 Å². The first-order chi connectivity index (χ1) is 14.6. The van der Waals surface area contributed by atoms with E-state index in [1.54, 1.807) is 0 Å². The Morgan fingerprint density at radius 1 is 0.935 bits per heavy atom. The zero-order chi connectivity index (χ0) is 22.3. The second-order valence-corrected chi connectivity index (χ2v) is 13.3. The number of aliphatic hydroxyl groups is 1. The number of hydrogen-bond donors (Lipinski definition) is 1. The fourth-order valence-electron chi connectivity index (χ4n) is 9.51. The van der Waals surface area contributed by atoms with E-state index in [-0.39, 0.29) is 17.4 Å². The van der Waals surface area contributed by atoms with Crippen LogP contribution in [-0.4, -0.2) is 29.2 Å². The van der Waals surface area contributed by atoms with Crippen molar-refractivity contribution in [2.45, 2.75) is 111 Å². The molecule has 4 saturated carbocycles. The van der Waals surface area contributed by atoms with Gasteiger partial charge in [-0.1, -0.05) is 41.5 Å². The summed E-state index contributed by atoms with van der Waals surface area (Å²) in [5.41, 5.74) is 0.497. The van der Waals surface area contributed by atoms with Gasteiger partial charge in [-0.3, -0.25) is 4.79 Å². The van der Waals surface area contributed by atoms with Crippen molar-refractivity contribution >= 4 is 5.78 Å². The van der Waals surface area contributed by atoms with Crippen molar-refractivity contribution in [2.24, 2.45) is 58.2 Å². The normalized spacial score (nSPS) is 53.5. The van der Waals surface area contributed by atoms with Crippen LogP contribution in [0.15, 0.2) is 0 Å². The van der Waals surface area contributed by atoms with Crippen LogP contribution in [0.3, 0.4) is 0 Å². The van der Waals surface area contributed by atoms with Crippen LogP contribution < -0.4 is 0 Å². The highest BCUT2D eigenvalue weighted by atomic mass is 16.6. The summed E-state index contributed by atoms with van der Waals surface area (Å²) in [4.78, 5) is 13.3. The van der Waals surface area contributed by atoms with E-state index in [1.807, 2.05) is 0 Å². The molecule has 31 heavy (non-hydrogen) atoms. The highest BCUT2D eigenvalue weighted by Crippen LogP contribution is 2.68. The molecule has 1 aliphatic heterocycles. The number of ether oxygens (including phenoxy) is 1. The SMILES string of the molecule is CC(C)[C@H](C)[C@@H]1O[C@@H]1[C@@H](C)[C@H]1CC[C@H]2[C@@H]3CC(=O)C4CC(O)CC[C@]4(C)[C@H]3CC[C@]12C. The van der Waals surface area contributed by atoms with E-state index in [1.165, 1.54) is 25.7 Å². The number of rotatable bonds is 4. The van der Waals surface area contributed by atoms with E-state index in [4.69, 9.17) is 4.74 Å². The van der Waals surface area contributed by atoms with Gasteiger partial charge in [0.1, 0.15) is 5.78 Å². The van der Waals surface area contributed by atoms with E-state index in [2.05, 4.69) is 41.5 Å². The molecule has 0 aromatic rings. The lowest BCUT2D eigenvalue weighted by atomic mass is 9.44. The van der Waals surface area contributed by atoms with Gasteiger partial charge in [-0.25, -0.2) is 0 Å². The summed E-state index contributed by atoms with van der Waals surface area (Å²) in [5, 5.41) is 10.3. The molecule has 0 bridgehead atoms. The van der Waals surface area contributed by atoms with Gasteiger partial charge in [-0.05, 0) is 97.2 Å². The average molecular weight is 431 g/mol. The summed E-state index contributed by atoms with van der Waals surface area (Å²) in [6.07, 6.45) is 9.31. The van der Waals surface area contributed by atoms with Gasteiger partial charge in [-0.15, -0.1) is 0 Å². The Morgan fingerprint density at radius 3 is 2.32 bits per heavy atom. The van der Waals surface area contributed by atoms with Crippen LogP contribution in [-0.2, 0) is 9.53 Å². The molecule has 1 saturated heterocycles. The Morgan fingerprint density at radius 2 is 1.61 bits per heavy atom. The monoisotopic (exact) mass is 430 g/mol. The molecule has 176 valence electrons. The first kappa shape index (κ1) is 22.4. The molecular weight excluding hydrogens is 384 g/mol. The topological polar surface area (TPSA) is 49.8 Å². The minimum absolute atomic E-state index is 0.108. The number of carbonyl (C=O) groups is 1. The van der Waals surface area contributed by atoms with Crippen molar-refractivity contribution < 1.29 is 14.6 Å². The molecular formula is C28H46O3. The molecule has 3 nitrogen and oxygen atoms in total. The number of Topliss-reactive ketones (excluding diaryl/α,β-unsaturated/α-hetero) is 1. The minimum Gasteiger partial charge on any atom is -0.393 e. The average Bonchev–Trinajstić information content (AvgIpc) is 3.43. The van der Waals surface area contributed by atoms with Crippen molar-refractivity contribution in [1.29, 1.82) is 0 Å². The maximum atomic E-state index is 13.3. The standard InChI is InChI=1S/C28H46O3/c1-15(2)16(3)25-26(31-25)17(4)20-7-8-21-19-14-24(30)23-13-18(29)9-11-28(23,6)22(19)10-12-27(20,21)5/h15-23,25-26,29H,7-14H2,1-6H3/t16-,17-,18?,19-,20+,21-,22-,23?,25-,26+,27+,28+/m0/s1. The number of epoxide rings is 1. The van der Waals surface area contributed by atoms with Gasteiger partial charge in [0, 0.05) is 12.3 Å². The molecule has 5 rings (SSSR count). The van der Waals surface area contributed by atoms with Crippen LogP contribution >= 0.6 is 0 Å². The van der Waals surface area contributed by atoms with E-state index < -0.39 is 0 Å². The van der Waals surface area contributed by atoms with E-state index >= 15 is 0 Å². The van der Waals surface area contributed by atoms with Crippen LogP contribution in [0.4, 0.5) is 0 Å². The van der Waals surface area contributed by atoms with Gasteiger partial charge in [0.05, 0.1) is 18.3 Å². The first-order valence-electron chi connectivity index (χ1n) is 13.4. The Hall–Kier alpha value is -0.410. The third kappa shape index (κ3) is 3.30. The number of aliphatic hydroxyl groups excluding tert-OH is 1. The number of ketones is 1. The molecule has 2 unspecified atom stereocenters. The fourth-order valence-corrected chi connectivity index (χ4v) is 9.51. The first-order valence-corrected chi connectivity index (χ1v) is 13.4. The fraction of sp³-hybridized carbons (Fsp3) is 0.964. The van der Waals surface area contributed by atoms with Gasteiger partial charge in [0.2, 0.25) is 0 Å². The van der Waals surface area contributed by atoms with Crippen LogP contribution in [0.25, 0.3) is 0 Å². The molecule has 4 aliphatic carbocycles. The maximum Gasteiger partial charge on any atom is 0.136 e. The number of hydrogen-bond acceptors (Lipinski definition) is 3. The van der Waals surface area contributed by atoms with Crippen LogP contribution in [0.2, 0.25) is 0 Å². The summed E-state index contributed by atoms with van der Waals surface area (Å²) < 4.78 is 6.28. The molecule has 5 fully saturated rings. The molecule has 0 aromatic carbocycles. The zero-order valence-corrected chi connectivity index (χ0v) is 20.8. The molecule has 0 radical (unpaired) electrons. The third-order valence-electron chi connectivity index (χ3n) is 11.8. The zero-order valence-electron chi connectivity index (χ0n) is 20.8. The summed E-state index contributed by atoms with van der Waals surface area (Å²) in [6.45, 7) is 14.5. The summed E-state index contributed by atoms with van der Waals surface area (Å²) in [5.74, 6) is 5.23. The Kier molecular flexibility index (Phi) is 5.45. The van der Waals surface area contributed by atoms with Crippen LogP contribution in [0.1, 0.15) is 92.9 Å². The van der Waals surface area contributed by atoms with Crippen molar-refractivity contribution in [2.75, 3.05) is 0 Å². The summed E-state index contributed by atoms with van der Waals surface area (Å²) in [6, 6.07) is 0. The number of carbonyl (C=O) groups excluding carboxylic acids is 1. The Labute approximate surface area is 190 Å². The van der Waals surface area contributed by atoms with Gasteiger partial charge < -0.3 is 9.84 Å². The maximum absolute atomic E-state index is 13.3. The molecule has 5 aliphatic rings. The lowest BCUT2D eigenvalue weighted by Crippen LogP contribution is -2.57. The Bertz CT molecular complexity index is 717. The molecule has 0 amide bonds. The van der Waals surface area contributed by atoms with E-state index in [0.717, 1.165) is 25.2 Å². The second kappa shape index (κ2) is 7.55. The summed E-state index contributed by atoms with van der Waals surface area (Å²) in [7, 11) is 0. The molecule has 0 aromatic heterocycles. The molecule has 0 spiro atoms. The second-order valence-electron chi connectivity index (χ2n) is 13.3. The predicted octanol–water partition coefficient (Wildman–Crippen LogP) is 5.88. The van der Waals surface area contributed by atoms with Gasteiger partial charge >= 0.3 is 0 Å². The van der Waals surface area contributed by atoms with Gasteiger partial charge in [0.25, 0.3) is 0 Å². The lowest BCUT2D eigenvalue weighted by Gasteiger charge is -2.60. The van der Waals surface area contributed by atoms with Crippen LogP contribution in [0, 0.1) is 58.2 Å². The van der Waals surface area contributed by atoms with Gasteiger partial charge in [-0.2, -0.15) is 0 Å². The minimum atomic E-state index is -0.260. The molecule has 1 heterocycles. The number of fused-ring (bicyclic) bond motifs is 5. The largest absolute Gasteiger partial charge is 0.393 e. The summed E-state index contributed by atoms with van der Waals surface area (Å²) >= 11 is 0.